The van der Waals surface area contributed by atoms with E-state index < -0.39 is 12.5 Å². The zero-order chi connectivity index (χ0) is 36.0. The third-order valence-corrected chi connectivity index (χ3v) is 13.1. The molecule has 0 aliphatic carbocycles. The van der Waals surface area contributed by atoms with Crippen LogP contribution in [0.2, 0.25) is 0 Å². The molecular formula is C45H43O5P. The van der Waals surface area contributed by atoms with E-state index in [0.29, 0.717) is 28.1 Å². The van der Waals surface area contributed by atoms with Gasteiger partial charge in [-0.2, -0.15) is 0 Å². The van der Waals surface area contributed by atoms with E-state index in [9.17, 15) is 5.11 Å². The molecule has 258 valence electrons. The largest absolute Gasteiger partial charge is 0.508 e. The minimum atomic E-state index is -3.99. The predicted octanol–water partition coefficient (Wildman–Crippen LogP) is 11.6. The topological polar surface area (TPSA) is 65.0 Å². The number of benzene rings is 6. The highest BCUT2D eigenvalue weighted by atomic mass is 31.2. The number of phenols is 1. The third-order valence-electron chi connectivity index (χ3n) is 9.97. The molecule has 6 heteroatoms. The van der Waals surface area contributed by atoms with E-state index >= 15 is 4.57 Å². The maximum absolute atomic E-state index is 16.6. The highest BCUT2D eigenvalue weighted by Crippen LogP contribution is 2.71. The Morgan fingerprint density at radius 3 is 1.76 bits per heavy atom. The van der Waals surface area contributed by atoms with Crippen LogP contribution in [0.25, 0.3) is 11.1 Å². The molecular weight excluding hydrogens is 651 g/mol. The molecule has 0 spiro atoms. The first-order valence-electron chi connectivity index (χ1n) is 17.4. The van der Waals surface area contributed by atoms with Crippen molar-refractivity contribution in [2.24, 2.45) is 0 Å². The van der Waals surface area contributed by atoms with Gasteiger partial charge in [-0.25, -0.2) is 0 Å². The monoisotopic (exact) mass is 694 g/mol. The lowest BCUT2D eigenvalue weighted by molar-refractivity contribution is 0.105. The van der Waals surface area contributed by atoms with Crippen LogP contribution < -0.4 is 19.3 Å². The van der Waals surface area contributed by atoms with Crippen molar-refractivity contribution in [2.75, 3.05) is 0 Å². The summed E-state index contributed by atoms with van der Waals surface area (Å²) in [6.45, 7) is 12.4. The number of fused-ring (bicyclic) bond motifs is 3. The minimum absolute atomic E-state index is 0.111. The van der Waals surface area contributed by atoms with E-state index in [-0.39, 0.29) is 11.4 Å². The average molecular weight is 695 g/mol. The first-order chi connectivity index (χ1) is 24.4. The molecule has 1 aliphatic heterocycles. The Hall–Kier alpha value is -5.25. The lowest BCUT2D eigenvalue weighted by Crippen LogP contribution is -2.38. The van der Waals surface area contributed by atoms with Gasteiger partial charge in [0.05, 0.1) is 5.30 Å². The van der Waals surface area contributed by atoms with Crippen molar-refractivity contribution in [1.29, 1.82) is 0 Å². The van der Waals surface area contributed by atoms with Crippen LogP contribution in [0.3, 0.4) is 0 Å². The first-order valence-corrected chi connectivity index (χ1v) is 19.0. The van der Waals surface area contributed by atoms with Gasteiger partial charge in [0.1, 0.15) is 39.5 Å². The van der Waals surface area contributed by atoms with Gasteiger partial charge in [0, 0.05) is 5.56 Å². The van der Waals surface area contributed by atoms with Crippen molar-refractivity contribution in [3.05, 3.63) is 167 Å². The minimum Gasteiger partial charge on any atom is -0.508 e. The number of para-hydroxylation sites is 1. The summed E-state index contributed by atoms with van der Waals surface area (Å²) in [5.74, 6) is 2.86. The molecule has 0 bridgehead atoms. The van der Waals surface area contributed by atoms with E-state index in [1.54, 1.807) is 12.1 Å². The number of hydrogen-bond donors (Lipinski definition) is 1. The van der Waals surface area contributed by atoms with Crippen molar-refractivity contribution in [1.82, 2.24) is 0 Å². The molecule has 0 aromatic heterocycles. The summed E-state index contributed by atoms with van der Waals surface area (Å²) in [5.41, 5.74) is 6.89. The standard InChI is InChI=1S/C45H43O5P/c1-7-44(5,6)49-38-26-20-35(21-27-38)45(33-16-22-36(46)23-17-33,34-18-24-37(25-19-34)48-43-31(3)28-30(2)29-32(43)4)51(47)42-15-11-9-13-40(42)39-12-8-10-14-41(39)50-51/h8-29,46H,7H2,1-6H3. The summed E-state index contributed by atoms with van der Waals surface area (Å²) in [5, 5.41) is 9.76. The molecule has 51 heavy (non-hydrogen) atoms. The number of aromatic hydroxyl groups is 1. The zero-order valence-electron chi connectivity index (χ0n) is 29.9. The SMILES string of the molecule is CCC(C)(C)Oc1ccc(C(c2ccc(O)cc2)(c2ccc(Oc3c(C)cc(C)cc3C)cc2)P2(=O)Oc3ccccc3-c3ccccc32)cc1. The molecule has 6 aromatic carbocycles. The molecule has 1 N–H and O–H groups in total. The van der Waals surface area contributed by atoms with Crippen LogP contribution in [0.15, 0.2) is 133 Å². The van der Waals surface area contributed by atoms with Crippen LogP contribution in [-0.2, 0) is 9.72 Å². The Morgan fingerprint density at radius 1 is 0.667 bits per heavy atom. The second-order valence-electron chi connectivity index (χ2n) is 14.0. The molecule has 6 aromatic rings. The van der Waals surface area contributed by atoms with Crippen LogP contribution in [0.4, 0.5) is 0 Å². The van der Waals surface area contributed by atoms with Crippen LogP contribution >= 0.6 is 7.37 Å². The van der Waals surface area contributed by atoms with Crippen molar-refractivity contribution in [2.45, 2.75) is 58.7 Å². The van der Waals surface area contributed by atoms with Gasteiger partial charge < -0.3 is 19.1 Å². The second kappa shape index (κ2) is 13.1. The summed E-state index contributed by atoms with van der Waals surface area (Å²) in [6, 6.07) is 42.5. The molecule has 0 fully saturated rings. The summed E-state index contributed by atoms with van der Waals surface area (Å²) in [7, 11) is -3.99. The molecule has 0 saturated heterocycles. The lowest BCUT2D eigenvalue weighted by Gasteiger charge is -2.44. The Balaban J connectivity index is 1.49. The Bertz CT molecular complexity index is 2230. The van der Waals surface area contributed by atoms with Crippen LogP contribution in [0, 0.1) is 20.8 Å². The molecule has 0 amide bonds. The van der Waals surface area contributed by atoms with Gasteiger partial charge in [0.15, 0.2) is 0 Å². The van der Waals surface area contributed by atoms with E-state index in [1.807, 2.05) is 109 Å². The van der Waals surface area contributed by atoms with Crippen LogP contribution in [0.5, 0.6) is 28.7 Å². The molecule has 0 radical (unpaired) electrons. The third kappa shape index (κ3) is 6.00. The molecule has 2 unspecified atom stereocenters. The predicted molar refractivity (Wildman–Crippen MR) is 206 cm³/mol. The normalized spacial score (nSPS) is 16.3. The highest BCUT2D eigenvalue weighted by Gasteiger charge is 2.58. The van der Waals surface area contributed by atoms with E-state index in [2.05, 4.69) is 53.7 Å². The van der Waals surface area contributed by atoms with Crippen molar-refractivity contribution < 1.29 is 23.7 Å². The molecule has 7 rings (SSSR count). The fourth-order valence-corrected chi connectivity index (χ4v) is 10.5. The second-order valence-corrected chi connectivity index (χ2v) is 16.4. The maximum atomic E-state index is 16.6. The number of aryl methyl sites for hydroxylation is 3. The van der Waals surface area contributed by atoms with Gasteiger partial charge >= 0.3 is 0 Å². The zero-order valence-corrected chi connectivity index (χ0v) is 30.8. The first kappa shape index (κ1) is 34.2. The van der Waals surface area contributed by atoms with E-state index in [4.69, 9.17) is 14.0 Å². The van der Waals surface area contributed by atoms with Crippen molar-refractivity contribution in [3.8, 4) is 39.9 Å². The smallest absolute Gasteiger partial charge is 0.296 e. The van der Waals surface area contributed by atoms with E-state index in [0.717, 1.165) is 45.6 Å². The quantitative estimate of drug-likeness (QED) is 0.121. The molecule has 0 saturated carbocycles. The van der Waals surface area contributed by atoms with Gasteiger partial charge in [-0.15, -0.1) is 0 Å². The van der Waals surface area contributed by atoms with Crippen LogP contribution in [0.1, 0.15) is 60.6 Å². The fourth-order valence-electron chi connectivity index (χ4n) is 7.24. The Kier molecular flexibility index (Phi) is 8.81. The van der Waals surface area contributed by atoms with E-state index in [1.165, 1.54) is 5.56 Å². The van der Waals surface area contributed by atoms with Gasteiger partial charge in [-0.05, 0) is 123 Å². The van der Waals surface area contributed by atoms with Gasteiger partial charge in [0.2, 0.25) is 0 Å². The fraction of sp³-hybridized carbons (Fsp3) is 0.200. The Morgan fingerprint density at radius 2 is 1.18 bits per heavy atom. The Labute approximate surface area is 301 Å². The molecule has 2 atom stereocenters. The molecule has 5 nitrogen and oxygen atoms in total. The molecule has 1 heterocycles. The van der Waals surface area contributed by atoms with Gasteiger partial charge in [-0.3, -0.25) is 4.57 Å². The number of rotatable bonds is 9. The number of hydrogen-bond acceptors (Lipinski definition) is 5. The lowest BCUT2D eigenvalue weighted by atomic mass is 9.83. The number of ether oxygens (including phenoxy) is 2. The molecule has 1 aliphatic rings. The summed E-state index contributed by atoms with van der Waals surface area (Å²) in [4.78, 5) is 0. The average Bonchev–Trinajstić information content (AvgIpc) is 3.12. The highest BCUT2D eigenvalue weighted by molar-refractivity contribution is 7.69. The number of phenolic OH excluding ortho intramolecular Hbond substituents is 1. The van der Waals surface area contributed by atoms with Gasteiger partial charge in [-0.1, -0.05) is 97.4 Å². The van der Waals surface area contributed by atoms with Crippen molar-refractivity contribution in [3.63, 3.8) is 0 Å². The van der Waals surface area contributed by atoms with Gasteiger partial charge in [0.25, 0.3) is 7.37 Å². The van der Waals surface area contributed by atoms with Crippen molar-refractivity contribution >= 4 is 12.7 Å². The summed E-state index contributed by atoms with van der Waals surface area (Å²) < 4.78 is 36.4. The maximum Gasteiger partial charge on any atom is 0.296 e. The van der Waals surface area contributed by atoms with Crippen LogP contribution in [-0.4, -0.2) is 10.7 Å². The summed E-state index contributed by atoms with van der Waals surface area (Å²) >= 11 is 0. The summed E-state index contributed by atoms with van der Waals surface area (Å²) in [6.07, 6.45) is 0.835.